The maximum absolute atomic E-state index is 13.5. The van der Waals surface area contributed by atoms with Gasteiger partial charge < -0.3 is 19.9 Å². The molecular formula is C28H27F3N4O6S2. The number of imide groups is 1. The number of aromatic nitrogens is 2. The first kappa shape index (κ1) is 32.2. The SMILES string of the molecule is CC(C)(C)[S@@+]([O-])NC(c1cccc(N(C(=O)O)C(=O)O)n1)c1cc2cccc(-c3cc([C@@](C)(O)C(F)(F)F)ccn3)c2s1. The van der Waals surface area contributed by atoms with Gasteiger partial charge in [-0.3, -0.25) is 4.98 Å². The van der Waals surface area contributed by atoms with Crippen LogP contribution in [0.2, 0.25) is 0 Å². The molecule has 3 aromatic heterocycles. The van der Waals surface area contributed by atoms with Crippen LogP contribution >= 0.6 is 11.3 Å². The first-order chi connectivity index (χ1) is 19.9. The van der Waals surface area contributed by atoms with E-state index in [0.29, 0.717) is 27.5 Å². The number of carbonyl (C=O) groups is 2. The van der Waals surface area contributed by atoms with Gasteiger partial charge in [0.15, 0.2) is 5.60 Å². The fourth-order valence-corrected chi connectivity index (χ4v) is 6.16. The largest absolute Gasteiger partial charge is 0.598 e. The molecule has 228 valence electrons. The third-order valence-electron chi connectivity index (χ3n) is 6.44. The summed E-state index contributed by atoms with van der Waals surface area (Å²) in [5.74, 6) is -0.384. The molecule has 4 N–H and O–H groups in total. The molecule has 3 atom stereocenters. The molecule has 1 aromatic carbocycles. The number of nitrogens with one attached hydrogen (secondary N) is 1. The highest BCUT2D eigenvalue weighted by atomic mass is 32.2. The van der Waals surface area contributed by atoms with E-state index in [9.17, 15) is 42.6 Å². The number of carboxylic acid groups (broad SMARTS) is 2. The number of hydrogen-bond acceptors (Lipinski definition) is 8. The number of alkyl halides is 3. The fraction of sp³-hybridized carbons (Fsp3) is 0.286. The Morgan fingerprint density at radius 2 is 1.67 bits per heavy atom. The third-order valence-corrected chi connectivity index (χ3v) is 9.25. The van der Waals surface area contributed by atoms with Crippen LogP contribution in [0.3, 0.4) is 0 Å². The van der Waals surface area contributed by atoms with Gasteiger partial charge in [0.1, 0.15) is 16.6 Å². The zero-order valence-electron chi connectivity index (χ0n) is 23.2. The van der Waals surface area contributed by atoms with E-state index in [0.717, 1.165) is 6.07 Å². The Hall–Kier alpha value is -3.76. The fourth-order valence-electron chi connectivity index (χ4n) is 4.02. The number of benzene rings is 1. The molecule has 0 spiro atoms. The number of rotatable bonds is 7. The summed E-state index contributed by atoms with van der Waals surface area (Å²) in [5.41, 5.74) is -2.66. The number of pyridine rings is 2. The lowest BCUT2D eigenvalue weighted by Gasteiger charge is -2.27. The van der Waals surface area contributed by atoms with Gasteiger partial charge in [-0.05, 0) is 69.0 Å². The normalized spacial score (nSPS) is 15.1. The Bertz CT molecular complexity index is 1660. The molecule has 2 amide bonds. The monoisotopic (exact) mass is 636 g/mol. The Morgan fingerprint density at radius 3 is 2.28 bits per heavy atom. The molecule has 3 heterocycles. The van der Waals surface area contributed by atoms with Crippen LogP contribution in [-0.2, 0) is 17.0 Å². The molecule has 0 aliphatic heterocycles. The summed E-state index contributed by atoms with van der Waals surface area (Å²) in [6.45, 7) is 5.89. The molecule has 0 saturated heterocycles. The van der Waals surface area contributed by atoms with Crippen LogP contribution in [0.1, 0.15) is 49.9 Å². The van der Waals surface area contributed by atoms with Crippen molar-refractivity contribution in [3.8, 4) is 11.3 Å². The average Bonchev–Trinajstić information content (AvgIpc) is 3.34. The zero-order valence-corrected chi connectivity index (χ0v) is 24.8. The molecule has 10 nitrogen and oxygen atoms in total. The summed E-state index contributed by atoms with van der Waals surface area (Å²) in [7, 11) is 0. The van der Waals surface area contributed by atoms with E-state index in [-0.39, 0.29) is 27.7 Å². The van der Waals surface area contributed by atoms with E-state index in [1.807, 2.05) is 0 Å². The van der Waals surface area contributed by atoms with Crippen LogP contribution in [-0.4, -0.2) is 53.0 Å². The van der Waals surface area contributed by atoms with Crippen molar-refractivity contribution < 1.29 is 42.6 Å². The lowest BCUT2D eigenvalue weighted by Crippen LogP contribution is -2.41. The molecule has 0 saturated carbocycles. The van der Waals surface area contributed by atoms with Crippen molar-refractivity contribution in [1.29, 1.82) is 0 Å². The summed E-state index contributed by atoms with van der Waals surface area (Å²) in [4.78, 5) is 32.3. The van der Waals surface area contributed by atoms with E-state index in [4.69, 9.17) is 0 Å². The summed E-state index contributed by atoms with van der Waals surface area (Å²) in [5, 5.41) is 29.7. The highest BCUT2D eigenvalue weighted by Crippen LogP contribution is 2.42. The number of thiophene rings is 1. The van der Waals surface area contributed by atoms with Gasteiger partial charge in [-0.25, -0.2) is 14.6 Å². The van der Waals surface area contributed by atoms with Crippen molar-refractivity contribution >= 4 is 50.8 Å². The van der Waals surface area contributed by atoms with Crippen molar-refractivity contribution in [2.75, 3.05) is 4.90 Å². The van der Waals surface area contributed by atoms with Crippen molar-refractivity contribution in [2.45, 2.75) is 50.3 Å². The minimum absolute atomic E-state index is 0.0544. The highest BCUT2D eigenvalue weighted by molar-refractivity contribution is 7.90. The van der Waals surface area contributed by atoms with Gasteiger partial charge in [0.25, 0.3) is 0 Å². The van der Waals surface area contributed by atoms with Gasteiger partial charge in [0.2, 0.25) is 0 Å². The van der Waals surface area contributed by atoms with Crippen molar-refractivity contribution in [3.63, 3.8) is 0 Å². The van der Waals surface area contributed by atoms with E-state index in [1.165, 1.54) is 41.8 Å². The summed E-state index contributed by atoms with van der Waals surface area (Å²) >= 11 is -0.452. The quantitative estimate of drug-likeness (QED) is 0.168. The minimum atomic E-state index is -4.92. The average molecular weight is 637 g/mol. The van der Waals surface area contributed by atoms with E-state index >= 15 is 0 Å². The maximum atomic E-state index is 13.5. The first-order valence-electron chi connectivity index (χ1n) is 12.6. The van der Waals surface area contributed by atoms with Crippen LogP contribution in [0.15, 0.2) is 60.8 Å². The van der Waals surface area contributed by atoms with E-state index in [1.54, 1.807) is 45.0 Å². The van der Waals surface area contributed by atoms with Crippen LogP contribution in [0.4, 0.5) is 28.6 Å². The lowest BCUT2D eigenvalue weighted by atomic mass is 9.94. The van der Waals surface area contributed by atoms with Crippen LogP contribution in [0.5, 0.6) is 0 Å². The number of anilines is 1. The minimum Gasteiger partial charge on any atom is -0.598 e. The second-order valence-corrected chi connectivity index (χ2v) is 13.7. The summed E-state index contributed by atoms with van der Waals surface area (Å²) in [6, 6.07) is 12.4. The Balaban J connectivity index is 1.86. The van der Waals surface area contributed by atoms with E-state index in [2.05, 4.69) is 14.7 Å². The molecule has 1 unspecified atom stereocenters. The molecule has 0 aliphatic rings. The topological polar surface area (TPSA) is 159 Å². The summed E-state index contributed by atoms with van der Waals surface area (Å²) in [6.07, 6.45) is -7.26. The number of halogens is 3. The number of fused-ring (bicyclic) bond motifs is 1. The lowest BCUT2D eigenvalue weighted by molar-refractivity contribution is -0.258. The van der Waals surface area contributed by atoms with Gasteiger partial charge in [-0.15, -0.1) is 16.1 Å². The Kier molecular flexibility index (Phi) is 8.77. The van der Waals surface area contributed by atoms with Crippen molar-refractivity contribution in [1.82, 2.24) is 14.7 Å². The summed E-state index contributed by atoms with van der Waals surface area (Å²) < 4.78 is 56.7. The standard InChI is InChI=1S/C28H27F3N4O6S2/c1-26(2,3)43(41)34-22(18-9-6-10-21(33-18)35(24(36)37)25(38)39)20-13-15-7-5-8-17(23(15)42-20)19-14-16(11-12-32-19)27(4,40)28(29,30)31/h5-14,22,34,40H,1-4H3,(H,36,37)(H,38,39)/t22?,27-,43-/m1/s1. The van der Waals surface area contributed by atoms with Crippen LogP contribution in [0, 0.1) is 0 Å². The van der Waals surface area contributed by atoms with Crippen LogP contribution < -0.4 is 9.62 Å². The van der Waals surface area contributed by atoms with Crippen molar-refractivity contribution in [3.05, 3.63) is 76.9 Å². The molecular weight excluding hydrogens is 609 g/mol. The molecule has 0 fully saturated rings. The molecule has 43 heavy (non-hydrogen) atoms. The van der Waals surface area contributed by atoms with Crippen molar-refractivity contribution in [2.24, 2.45) is 0 Å². The smallest absolute Gasteiger partial charge is 0.422 e. The number of nitrogens with zero attached hydrogens (tertiary/aromatic N) is 3. The second-order valence-electron chi connectivity index (χ2n) is 10.6. The van der Waals surface area contributed by atoms with Gasteiger partial charge >= 0.3 is 18.4 Å². The molecule has 15 heteroatoms. The number of amides is 2. The first-order valence-corrected chi connectivity index (χ1v) is 14.6. The number of aliphatic hydroxyl groups is 1. The van der Waals surface area contributed by atoms with Gasteiger partial charge in [0.05, 0.1) is 11.4 Å². The zero-order chi connectivity index (χ0) is 31.9. The molecule has 4 aromatic rings. The van der Waals surface area contributed by atoms with Gasteiger partial charge in [-0.2, -0.15) is 18.1 Å². The number of hydrogen-bond donors (Lipinski definition) is 4. The molecule has 0 radical (unpaired) electrons. The van der Waals surface area contributed by atoms with Gasteiger partial charge in [-0.1, -0.05) is 24.3 Å². The maximum Gasteiger partial charge on any atom is 0.422 e. The van der Waals surface area contributed by atoms with Crippen LogP contribution in [0.25, 0.3) is 21.3 Å². The molecule has 0 aliphatic carbocycles. The predicted molar refractivity (Wildman–Crippen MR) is 156 cm³/mol. The predicted octanol–water partition coefficient (Wildman–Crippen LogP) is 6.43. The molecule has 0 bridgehead atoms. The van der Waals surface area contributed by atoms with E-state index < -0.39 is 46.1 Å². The van der Waals surface area contributed by atoms with Gasteiger partial charge in [0, 0.05) is 32.7 Å². The highest BCUT2D eigenvalue weighted by Gasteiger charge is 2.51. The third kappa shape index (κ3) is 6.60. The molecule has 4 rings (SSSR count). The second kappa shape index (κ2) is 11.7. The Labute approximate surface area is 251 Å². The Morgan fingerprint density at radius 1 is 1.02 bits per heavy atom.